The lowest BCUT2D eigenvalue weighted by molar-refractivity contribution is -0.149. The minimum Gasteiger partial charge on any atom is -0.477 e. The molecule has 0 bridgehead atoms. The van der Waals surface area contributed by atoms with Crippen LogP contribution in [0.25, 0.3) is 0 Å². The van der Waals surface area contributed by atoms with Gasteiger partial charge in [0.2, 0.25) is 5.88 Å². The summed E-state index contributed by atoms with van der Waals surface area (Å²) in [5.74, 6) is 1.23. The van der Waals surface area contributed by atoms with Crippen LogP contribution in [0.4, 0.5) is 0 Å². The number of guanidine groups is 1. The maximum atomic E-state index is 12.0. The lowest BCUT2D eigenvalue weighted by atomic mass is 9.98. The molecule has 1 aliphatic heterocycles. The third-order valence-corrected chi connectivity index (χ3v) is 4.28. The van der Waals surface area contributed by atoms with Crippen LogP contribution < -0.4 is 10.1 Å². The molecule has 0 radical (unpaired) electrons. The molecule has 1 aromatic heterocycles. The van der Waals surface area contributed by atoms with Gasteiger partial charge in [0, 0.05) is 38.4 Å². The van der Waals surface area contributed by atoms with Crippen molar-refractivity contribution in [1.29, 1.82) is 0 Å². The van der Waals surface area contributed by atoms with Crippen molar-refractivity contribution in [3.63, 3.8) is 0 Å². The van der Waals surface area contributed by atoms with E-state index >= 15 is 0 Å². The molecular formula is C19H30N4O3. The first-order chi connectivity index (χ1) is 12.7. The van der Waals surface area contributed by atoms with Crippen molar-refractivity contribution in [1.82, 2.24) is 15.2 Å². The number of rotatable bonds is 7. The quantitative estimate of drug-likeness (QED) is 0.455. The van der Waals surface area contributed by atoms with Gasteiger partial charge in [0.05, 0.1) is 19.1 Å². The molecule has 1 N–H and O–H groups in total. The fourth-order valence-corrected chi connectivity index (χ4v) is 3.02. The Morgan fingerprint density at radius 3 is 3.04 bits per heavy atom. The summed E-state index contributed by atoms with van der Waals surface area (Å²) in [6.07, 6.45) is 4.48. The fourth-order valence-electron chi connectivity index (χ4n) is 3.02. The first-order valence-electron chi connectivity index (χ1n) is 9.38. The number of aliphatic imine (C=N–C) groups is 1. The maximum absolute atomic E-state index is 12.0. The summed E-state index contributed by atoms with van der Waals surface area (Å²) < 4.78 is 10.9. The van der Waals surface area contributed by atoms with Crippen molar-refractivity contribution in [2.45, 2.75) is 39.7 Å². The molecule has 0 saturated carbocycles. The van der Waals surface area contributed by atoms with E-state index in [0.717, 1.165) is 37.3 Å². The summed E-state index contributed by atoms with van der Waals surface area (Å²) in [6.45, 7) is 7.05. The van der Waals surface area contributed by atoms with E-state index in [-0.39, 0.29) is 11.9 Å². The zero-order chi connectivity index (χ0) is 18.8. The molecule has 1 aromatic rings. The molecule has 1 saturated heterocycles. The van der Waals surface area contributed by atoms with Crippen LogP contribution in [-0.4, -0.2) is 55.2 Å². The maximum Gasteiger partial charge on any atom is 0.310 e. The number of piperidine rings is 1. The number of carbonyl (C=O) groups is 1. The van der Waals surface area contributed by atoms with E-state index in [4.69, 9.17) is 9.47 Å². The smallest absolute Gasteiger partial charge is 0.310 e. The first-order valence-corrected chi connectivity index (χ1v) is 9.38. The Balaban J connectivity index is 1.96. The molecule has 1 aliphatic rings. The predicted molar refractivity (Wildman–Crippen MR) is 101 cm³/mol. The molecule has 0 aliphatic carbocycles. The van der Waals surface area contributed by atoms with Crippen molar-refractivity contribution in [2.75, 3.05) is 33.4 Å². The first kappa shape index (κ1) is 20.0. The standard InChI is InChI=1S/C19H30N4O3/c1-4-12-26-17-15(8-6-10-21-17)13-22-19(20-3)23-11-7-9-16(14-23)18(24)25-5-2/h6,8,10,16H,4-5,7,9,11-14H2,1-3H3,(H,20,22). The Labute approximate surface area is 155 Å². The Morgan fingerprint density at radius 2 is 2.31 bits per heavy atom. The highest BCUT2D eigenvalue weighted by molar-refractivity contribution is 5.81. The number of nitrogens with zero attached hydrogens (tertiary/aromatic N) is 3. The van der Waals surface area contributed by atoms with Gasteiger partial charge in [0.25, 0.3) is 0 Å². The van der Waals surface area contributed by atoms with Crippen molar-refractivity contribution < 1.29 is 14.3 Å². The van der Waals surface area contributed by atoms with Gasteiger partial charge in [-0.25, -0.2) is 4.98 Å². The molecule has 7 nitrogen and oxygen atoms in total. The molecule has 26 heavy (non-hydrogen) atoms. The highest BCUT2D eigenvalue weighted by Gasteiger charge is 2.28. The summed E-state index contributed by atoms with van der Waals surface area (Å²) in [6, 6.07) is 3.89. The SMILES string of the molecule is CCCOc1ncccc1CNC(=NC)N1CCCC(C(=O)OCC)C1. The molecule has 1 fully saturated rings. The number of hydrogen-bond donors (Lipinski definition) is 1. The Morgan fingerprint density at radius 1 is 1.46 bits per heavy atom. The second-order valence-corrected chi connectivity index (χ2v) is 6.25. The minimum absolute atomic E-state index is 0.0934. The van der Waals surface area contributed by atoms with Gasteiger partial charge in [-0.1, -0.05) is 13.0 Å². The van der Waals surface area contributed by atoms with Crippen LogP contribution in [0.15, 0.2) is 23.3 Å². The van der Waals surface area contributed by atoms with Crippen LogP contribution >= 0.6 is 0 Å². The van der Waals surface area contributed by atoms with Crippen LogP contribution in [0, 0.1) is 5.92 Å². The number of esters is 1. The van der Waals surface area contributed by atoms with E-state index in [2.05, 4.69) is 27.1 Å². The second-order valence-electron chi connectivity index (χ2n) is 6.25. The third kappa shape index (κ3) is 5.61. The molecule has 0 spiro atoms. The van der Waals surface area contributed by atoms with Gasteiger partial charge < -0.3 is 19.7 Å². The number of hydrogen-bond acceptors (Lipinski definition) is 5. The molecule has 2 heterocycles. The summed E-state index contributed by atoms with van der Waals surface area (Å²) >= 11 is 0. The Bertz CT molecular complexity index is 606. The van der Waals surface area contributed by atoms with Gasteiger partial charge in [0.15, 0.2) is 5.96 Å². The van der Waals surface area contributed by atoms with Crippen molar-refractivity contribution in [3.8, 4) is 5.88 Å². The Hall–Kier alpha value is -2.31. The number of aromatic nitrogens is 1. The van der Waals surface area contributed by atoms with Crippen molar-refractivity contribution >= 4 is 11.9 Å². The van der Waals surface area contributed by atoms with E-state index in [1.165, 1.54) is 0 Å². The normalized spacial score (nSPS) is 17.7. The molecule has 2 rings (SSSR count). The average Bonchev–Trinajstić information content (AvgIpc) is 2.68. The third-order valence-electron chi connectivity index (χ3n) is 4.28. The van der Waals surface area contributed by atoms with Crippen LogP contribution in [0.3, 0.4) is 0 Å². The fraction of sp³-hybridized carbons (Fsp3) is 0.632. The summed E-state index contributed by atoms with van der Waals surface area (Å²) in [5, 5.41) is 3.37. The number of likely N-dealkylation sites (tertiary alicyclic amines) is 1. The van der Waals surface area contributed by atoms with Gasteiger partial charge in [-0.2, -0.15) is 0 Å². The summed E-state index contributed by atoms with van der Waals surface area (Å²) in [7, 11) is 1.76. The highest BCUT2D eigenvalue weighted by atomic mass is 16.5. The summed E-state index contributed by atoms with van der Waals surface area (Å²) in [4.78, 5) is 22.9. The molecule has 0 aromatic carbocycles. The van der Waals surface area contributed by atoms with E-state index in [0.29, 0.717) is 32.2 Å². The molecule has 1 unspecified atom stereocenters. The van der Waals surface area contributed by atoms with Gasteiger partial charge in [-0.15, -0.1) is 0 Å². The monoisotopic (exact) mass is 362 g/mol. The second kappa shape index (κ2) is 10.6. The van der Waals surface area contributed by atoms with E-state index < -0.39 is 0 Å². The molecule has 0 amide bonds. The number of nitrogens with one attached hydrogen (secondary N) is 1. The number of pyridine rings is 1. The molecule has 1 atom stereocenters. The topological polar surface area (TPSA) is 76.0 Å². The van der Waals surface area contributed by atoms with Gasteiger partial charge >= 0.3 is 5.97 Å². The largest absolute Gasteiger partial charge is 0.477 e. The molecular weight excluding hydrogens is 332 g/mol. The zero-order valence-electron chi connectivity index (χ0n) is 16.0. The van der Waals surface area contributed by atoms with Crippen molar-refractivity contribution in [2.24, 2.45) is 10.9 Å². The molecule has 7 heteroatoms. The van der Waals surface area contributed by atoms with Crippen LogP contribution in [0.5, 0.6) is 5.88 Å². The lowest BCUT2D eigenvalue weighted by Gasteiger charge is -2.34. The van der Waals surface area contributed by atoms with Crippen LogP contribution in [0.2, 0.25) is 0 Å². The highest BCUT2D eigenvalue weighted by Crippen LogP contribution is 2.19. The minimum atomic E-state index is -0.116. The molecule has 144 valence electrons. The zero-order valence-corrected chi connectivity index (χ0v) is 16.0. The van der Waals surface area contributed by atoms with E-state index in [1.807, 2.05) is 19.1 Å². The lowest BCUT2D eigenvalue weighted by Crippen LogP contribution is -2.48. The number of carbonyl (C=O) groups excluding carboxylic acids is 1. The van der Waals surface area contributed by atoms with Gasteiger partial charge in [0.1, 0.15) is 0 Å². The average molecular weight is 362 g/mol. The van der Waals surface area contributed by atoms with E-state index in [9.17, 15) is 4.79 Å². The van der Waals surface area contributed by atoms with Gasteiger partial charge in [-0.05, 0) is 32.3 Å². The van der Waals surface area contributed by atoms with E-state index in [1.54, 1.807) is 13.2 Å². The van der Waals surface area contributed by atoms with Crippen LogP contribution in [0.1, 0.15) is 38.7 Å². The van der Waals surface area contributed by atoms with Crippen molar-refractivity contribution in [3.05, 3.63) is 23.9 Å². The predicted octanol–water partition coefficient (Wildman–Crippen LogP) is 2.22. The number of ether oxygens (including phenoxy) is 2. The summed E-state index contributed by atoms with van der Waals surface area (Å²) in [5.41, 5.74) is 0.987. The van der Waals surface area contributed by atoms with Gasteiger partial charge in [-0.3, -0.25) is 9.79 Å². The van der Waals surface area contributed by atoms with Crippen LogP contribution in [-0.2, 0) is 16.1 Å². The Kier molecular flexibility index (Phi) is 8.18.